The lowest BCUT2D eigenvalue weighted by atomic mass is 9.84. The first-order valence-corrected chi connectivity index (χ1v) is 5.60. The molecule has 0 fully saturated rings. The van der Waals surface area contributed by atoms with Gasteiger partial charge >= 0.3 is 5.97 Å². The number of hydrogen-bond acceptors (Lipinski definition) is 3. The van der Waals surface area contributed by atoms with Crippen molar-refractivity contribution in [1.82, 2.24) is 5.32 Å². The number of carbonyl (C=O) groups excluding carboxylic acids is 1. The molecule has 0 heterocycles. The lowest BCUT2D eigenvalue weighted by Gasteiger charge is -2.26. The maximum atomic E-state index is 13.6. The molecule has 1 aromatic carbocycles. The molecule has 0 radical (unpaired) electrons. The first-order chi connectivity index (χ1) is 8.36. The number of esters is 1. The molecule has 0 aliphatic heterocycles. The van der Waals surface area contributed by atoms with Crippen LogP contribution in [0.1, 0.15) is 19.4 Å². The van der Waals surface area contributed by atoms with Gasteiger partial charge in [0.05, 0.1) is 13.7 Å². The predicted octanol–water partition coefficient (Wildman–Crippen LogP) is 2.00. The number of rotatable bonds is 5. The van der Waals surface area contributed by atoms with Crippen molar-refractivity contribution in [2.24, 2.45) is 0 Å². The summed E-state index contributed by atoms with van der Waals surface area (Å²) in [6.07, 6.45) is 0. The first kappa shape index (κ1) is 14.6. The van der Waals surface area contributed by atoms with E-state index in [0.29, 0.717) is 12.1 Å². The van der Waals surface area contributed by atoms with Gasteiger partial charge in [0, 0.05) is 18.0 Å². The van der Waals surface area contributed by atoms with Gasteiger partial charge in [-0.15, -0.1) is 0 Å². The van der Waals surface area contributed by atoms with E-state index < -0.39 is 17.0 Å². The molecular weight excluding hydrogens is 240 g/mol. The molecule has 0 unspecified atom stereocenters. The summed E-state index contributed by atoms with van der Waals surface area (Å²) in [6.45, 7) is 4.06. The Balaban J connectivity index is 2.70. The molecule has 0 aliphatic carbocycles. The standard InChI is InChI=1S/C13H17F2NO2/c1-13(2,8-16-7-12(17)18-3)10-5-4-9(14)6-11(10)15/h4-6,16H,7-8H2,1-3H3. The van der Waals surface area contributed by atoms with Gasteiger partial charge in [-0.05, 0) is 11.6 Å². The molecule has 0 saturated heterocycles. The van der Waals surface area contributed by atoms with E-state index in [4.69, 9.17) is 0 Å². The quantitative estimate of drug-likeness (QED) is 0.820. The van der Waals surface area contributed by atoms with E-state index in [2.05, 4.69) is 10.1 Å². The summed E-state index contributed by atoms with van der Waals surface area (Å²) >= 11 is 0. The van der Waals surface area contributed by atoms with Crippen molar-refractivity contribution in [3.8, 4) is 0 Å². The van der Waals surface area contributed by atoms with E-state index in [-0.39, 0.29) is 12.5 Å². The van der Waals surface area contributed by atoms with Crippen LogP contribution < -0.4 is 5.32 Å². The fraction of sp³-hybridized carbons (Fsp3) is 0.462. The Morgan fingerprint density at radius 3 is 2.61 bits per heavy atom. The van der Waals surface area contributed by atoms with Gasteiger partial charge in [-0.2, -0.15) is 0 Å². The molecule has 0 saturated carbocycles. The van der Waals surface area contributed by atoms with Gasteiger partial charge in [0.1, 0.15) is 11.6 Å². The fourth-order valence-electron chi connectivity index (χ4n) is 1.68. The maximum Gasteiger partial charge on any atom is 0.319 e. The lowest BCUT2D eigenvalue weighted by Crippen LogP contribution is -2.36. The van der Waals surface area contributed by atoms with Gasteiger partial charge in [0.2, 0.25) is 0 Å². The zero-order valence-electron chi connectivity index (χ0n) is 10.7. The monoisotopic (exact) mass is 257 g/mol. The van der Waals surface area contributed by atoms with Crippen LogP contribution in [0.2, 0.25) is 0 Å². The Morgan fingerprint density at radius 2 is 2.06 bits per heavy atom. The second-order valence-electron chi connectivity index (χ2n) is 4.69. The third-order valence-corrected chi connectivity index (χ3v) is 2.72. The van der Waals surface area contributed by atoms with Crippen molar-refractivity contribution < 1.29 is 18.3 Å². The molecule has 0 spiro atoms. The van der Waals surface area contributed by atoms with Gasteiger partial charge in [0.15, 0.2) is 0 Å². The highest BCUT2D eigenvalue weighted by molar-refractivity contribution is 5.71. The van der Waals surface area contributed by atoms with Crippen LogP contribution in [-0.2, 0) is 14.9 Å². The number of carbonyl (C=O) groups is 1. The highest BCUT2D eigenvalue weighted by atomic mass is 19.1. The highest BCUT2D eigenvalue weighted by Gasteiger charge is 2.24. The van der Waals surface area contributed by atoms with E-state index in [1.54, 1.807) is 0 Å². The summed E-state index contributed by atoms with van der Waals surface area (Å²) in [4.78, 5) is 10.9. The molecule has 1 rings (SSSR count). The third kappa shape index (κ3) is 3.77. The number of benzene rings is 1. The SMILES string of the molecule is COC(=O)CNCC(C)(C)c1ccc(F)cc1F. The number of nitrogens with one attached hydrogen (secondary N) is 1. The zero-order valence-corrected chi connectivity index (χ0v) is 10.7. The second-order valence-corrected chi connectivity index (χ2v) is 4.69. The second kappa shape index (κ2) is 5.91. The zero-order chi connectivity index (χ0) is 13.8. The molecule has 18 heavy (non-hydrogen) atoms. The van der Waals surface area contributed by atoms with E-state index in [9.17, 15) is 13.6 Å². The number of methoxy groups -OCH3 is 1. The Labute approximate surface area is 105 Å². The van der Waals surface area contributed by atoms with Crippen molar-refractivity contribution in [3.63, 3.8) is 0 Å². The van der Waals surface area contributed by atoms with Crippen LogP contribution in [0.3, 0.4) is 0 Å². The van der Waals surface area contributed by atoms with Crippen molar-refractivity contribution in [2.75, 3.05) is 20.2 Å². The van der Waals surface area contributed by atoms with E-state index >= 15 is 0 Å². The summed E-state index contributed by atoms with van der Waals surface area (Å²) in [5, 5.41) is 2.88. The maximum absolute atomic E-state index is 13.6. The summed E-state index contributed by atoms with van der Waals surface area (Å²) in [7, 11) is 1.30. The lowest BCUT2D eigenvalue weighted by molar-refractivity contribution is -0.139. The summed E-state index contributed by atoms with van der Waals surface area (Å²) in [5.74, 6) is -1.57. The van der Waals surface area contributed by atoms with E-state index in [1.807, 2.05) is 13.8 Å². The topological polar surface area (TPSA) is 38.3 Å². The largest absolute Gasteiger partial charge is 0.468 e. The van der Waals surface area contributed by atoms with Gasteiger partial charge in [-0.1, -0.05) is 19.9 Å². The molecule has 3 nitrogen and oxygen atoms in total. The van der Waals surface area contributed by atoms with Crippen LogP contribution in [-0.4, -0.2) is 26.2 Å². The Hall–Kier alpha value is -1.49. The van der Waals surface area contributed by atoms with Crippen LogP contribution in [0.15, 0.2) is 18.2 Å². The van der Waals surface area contributed by atoms with Crippen LogP contribution in [0.5, 0.6) is 0 Å². The van der Waals surface area contributed by atoms with Crippen molar-refractivity contribution in [2.45, 2.75) is 19.3 Å². The Kier molecular flexibility index (Phi) is 4.78. The molecule has 0 aliphatic rings. The molecule has 0 bridgehead atoms. The molecule has 0 atom stereocenters. The van der Waals surface area contributed by atoms with Gasteiger partial charge in [-0.25, -0.2) is 8.78 Å². The van der Waals surface area contributed by atoms with E-state index in [0.717, 1.165) is 6.07 Å². The van der Waals surface area contributed by atoms with Crippen LogP contribution in [0, 0.1) is 11.6 Å². The van der Waals surface area contributed by atoms with Crippen LogP contribution in [0.4, 0.5) is 8.78 Å². The molecule has 0 aromatic heterocycles. The normalized spacial score (nSPS) is 11.4. The fourth-order valence-corrected chi connectivity index (χ4v) is 1.68. The summed E-state index contributed by atoms with van der Waals surface area (Å²) in [5.41, 5.74) is -0.146. The van der Waals surface area contributed by atoms with E-state index in [1.165, 1.54) is 19.2 Å². The molecule has 0 amide bonds. The average Bonchev–Trinajstić information content (AvgIpc) is 2.27. The van der Waals surface area contributed by atoms with Crippen LogP contribution in [0.25, 0.3) is 0 Å². The first-order valence-electron chi connectivity index (χ1n) is 5.60. The third-order valence-electron chi connectivity index (χ3n) is 2.72. The predicted molar refractivity (Wildman–Crippen MR) is 64.3 cm³/mol. The number of ether oxygens (including phenoxy) is 1. The van der Waals surface area contributed by atoms with Gasteiger partial charge < -0.3 is 10.1 Å². The minimum atomic E-state index is -0.602. The number of hydrogen-bond donors (Lipinski definition) is 1. The number of halogens is 2. The van der Waals surface area contributed by atoms with Crippen LogP contribution >= 0.6 is 0 Å². The summed E-state index contributed by atoms with van der Waals surface area (Å²) < 4.78 is 30.9. The molecular formula is C13H17F2NO2. The van der Waals surface area contributed by atoms with Crippen molar-refractivity contribution in [1.29, 1.82) is 0 Å². The van der Waals surface area contributed by atoms with Gasteiger partial charge in [-0.3, -0.25) is 4.79 Å². The molecule has 1 aromatic rings. The highest BCUT2D eigenvalue weighted by Crippen LogP contribution is 2.25. The minimum absolute atomic E-state index is 0.0583. The Morgan fingerprint density at radius 1 is 1.39 bits per heavy atom. The van der Waals surface area contributed by atoms with Crippen molar-refractivity contribution in [3.05, 3.63) is 35.4 Å². The smallest absolute Gasteiger partial charge is 0.319 e. The van der Waals surface area contributed by atoms with Gasteiger partial charge in [0.25, 0.3) is 0 Å². The summed E-state index contributed by atoms with van der Waals surface area (Å²) in [6, 6.07) is 3.50. The average molecular weight is 257 g/mol. The molecule has 100 valence electrons. The Bertz CT molecular complexity index is 433. The molecule has 1 N–H and O–H groups in total. The molecule has 5 heteroatoms. The minimum Gasteiger partial charge on any atom is -0.468 e. The van der Waals surface area contributed by atoms with Crippen molar-refractivity contribution >= 4 is 5.97 Å².